The van der Waals surface area contributed by atoms with Gasteiger partial charge in [0, 0.05) is 0 Å². The van der Waals surface area contributed by atoms with Crippen LogP contribution >= 0.6 is 0 Å². The molecule has 0 bridgehead atoms. The minimum Gasteiger partial charge on any atom is -0.478 e. The lowest BCUT2D eigenvalue weighted by molar-refractivity contribution is 0.0695. The molecule has 0 aliphatic rings. The van der Waals surface area contributed by atoms with Crippen LogP contribution in [0.1, 0.15) is 43.1 Å². The van der Waals surface area contributed by atoms with E-state index in [1.807, 2.05) is 32.9 Å². The first-order valence-electron chi connectivity index (χ1n) is 5.07. The van der Waals surface area contributed by atoms with Crippen molar-refractivity contribution in [1.29, 1.82) is 0 Å². The number of aromatic carboxylic acids is 1. The van der Waals surface area contributed by atoms with Crippen molar-refractivity contribution >= 4 is 5.97 Å². The Balaban J connectivity index is 0.000000791. The van der Waals surface area contributed by atoms with Crippen LogP contribution in [0.3, 0.4) is 0 Å². The van der Waals surface area contributed by atoms with E-state index in [4.69, 9.17) is 5.11 Å². The number of aryl methyl sites for hydroxylation is 1. The first-order chi connectivity index (χ1) is 6.75. The summed E-state index contributed by atoms with van der Waals surface area (Å²) in [7, 11) is 0. The van der Waals surface area contributed by atoms with Crippen LogP contribution < -0.4 is 0 Å². The minimum absolute atomic E-state index is 0.430. The molecule has 1 N–H and O–H groups in total. The predicted molar refractivity (Wildman–Crippen MR) is 58.7 cm³/mol. The quantitative estimate of drug-likeness (QED) is 0.801. The normalized spacial score (nSPS) is 8.79. The molecule has 0 saturated heterocycles. The van der Waals surface area contributed by atoms with Crippen molar-refractivity contribution in [1.82, 2.24) is 0 Å². The fraction of sp³-hybridized carbons (Fsp3) is 0.417. The highest BCUT2D eigenvalue weighted by atomic mass is 16.4. The van der Waals surface area contributed by atoms with Gasteiger partial charge in [-0.05, 0) is 18.1 Å². The van der Waals surface area contributed by atoms with Crippen LogP contribution in [0.2, 0.25) is 0 Å². The maximum Gasteiger partial charge on any atom is 0.335 e. The van der Waals surface area contributed by atoms with Crippen molar-refractivity contribution in [2.45, 2.75) is 33.6 Å². The van der Waals surface area contributed by atoms with Crippen LogP contribution in [0, 0.1) is 0 Å². The van der Waals surface area contributed by atoms with E-state index >= 15 is 0 Å². The van der Waals surface area contributed by atoms with Gasteiger partial charge in [0.15, 0.2) is 0 Å². The summed E-state index contributed by atoms with van der Waals surface area (Å²) in [4.78, 5) is 10.7. The zero-order chi connectivity index (χ0) is 11.0. The second-order valence-electron chi connectivity index (χ2n) is 2.71. The zero-order valence-electron chi connectivity index (χ0n) is 9.08. The van der Waals surface area contributed by atoms with E-state index in [0.29, 0.717) is 5.56 Å². The maximum atomic E-state index is 10.7. The molecule has 0 aliphatic heterocycles. The zero-order valence-corrected chi connectivity index (χ0v) is 9.08. The van der Waals surface area contributed by atoms with Gasteiger partial charge in [-0.3, -0.25) is 0 Å². The molecular weight excluding hydrogens is 176 g/mol. The van der Waals surface area contributed by atoms with Gasteiger partial charge in [0.2, 0.25) is 0 Å². The van der Waals surface area contributed by atoms with Crippen molar-refractivity contribution in [3.8, 4) is 0 Å². The number of rotatable bonds is 3. The van der Waals surface area contributed by atoms with E-state index in [1.165, 1.54) is 0 Å². The van der Waals surface area contributed by atoms with Crippen molar-refractivity contribution in [2.75, 3.05) is 0 Å². The summed E-state index contributed by atoms with van der Waals surface area (Å²) in [6.45, 7) is 6.04. The number of carboxylic acids is 1. The van der Waals surface area contributed by atoms with Crippen LogP contribution in [0.4, 0.5) is 0 Å². The molecule has 1 rings (SSSR count). The topological polar surface area (TPSA) is 37.3 Å². The van der Waals surface area contributed by atoms with E-state index in [9.17, 15) is 4.79 Å². The molecule has 2 nitrogen and oxygen atoms in total. The summed E-state index contributed by atoms with van der Waals surface area (Å²) < 4.78 is 0. The molecule has 0 spiro atoms. The number of benzene rings is 1. The number of carbonyl (C=O) groups is 1. The fourth-order valence-electron chi connectivity index (χ4n) is 1.22. The molecule has 0 saturated carbocycles. The van der Waals surface area contributed by atoms with Gasteiger partial charge >= 0.3 is 5.97 Å². The lowest BCUT2D eigenvalue weighted by atomic mass is 10.0. The standard InChI is InChI=1S/C10H12O2.C2H6/c1-2-5-8-6-3-4-7-9(8)10(11)12;1-2/h3-4,6-7H,2,5H2,1H3,(H,11,12);1-2H3. The molecule has 1 aromatic rings. The van der Waals surface area contributed by atoms with Gasteiger partial charge in [-0.15, -0.1) is 0 Å². The van der Waals surface area contributed by atoms with Crippen LogP contribution in [-0.4, -0.2) is 11.1 Å². The smallest absolute Gasteiger partial charge is 0.335 e. The minimum atomic E-state index is -0.834. The SMILES string of the molecule is CC.CCCc1ccccc1C(=O)O. The first-order valence-corrected chi connectivity index (χ1v) is 5.07. The van der Waals surface area contributed by atoms with Crippen LogP contribution in [0.5, 0.6) is 0 Å². The third-order valence-corrected chi connectivity index (χ3v) is 1.77. The van der Waals surface area contributed by atoms with Gasteiger partial charge in [-0.1, -0.05) is 45.4 Å². The highest BCUT2D eigenvalue weighted by Crippen LogP contribution is 2.10. The summed E-state index contributed by atoms with van der Waals surface area (Å²) in [5.41, 5.74) is 1.35. The van der Waals surface area contributed by atoms with Gasteiger partial charge in [0.05, 0.1) is 5.56 Å². The van der Waals surface area contributed by atoms with E-state index in [2.05, 4.69) is 0 Å². The molecule has 1 aromatic carbocycles. The van der Waals surface area contributed by atoms with Gasteiger partial charge in [0.1, 0.15) is 0 Å². The van der Waals surface area contributed by atoms with E-state index in [-0.39, 0.29) is 0 Å². The van der Waals surface area contributed by atoms with Gasteiger partial charge in [-0.2, -0.15) is 0 Å². The van der Waals surface area contributed by atoms with Gasteiger partial charge < -0.3 is 5.11 Å². The summed E-state index contributed by atoms with van der Waals surface area (Å²) >= 11 is 0. The Kier molecular flexibility index (Phi) is 6.46. The third-order valence-electron chi connectivity index (χ3n) is 1.77. The van der Waals surface area contributed by atoms with Crippen LogP contribution in [0.15, 0.2) is 24.3 Å². The van der Waals surface area contributed by atoms with Crippen molar-refractivity contribution in [3.63, 3.8) is 0 Å². The molecule has 0 aromatic heterocycles. The van der Waals surface area contributed by atoms with E-state index < -0.39 is 5.97 Å². The maximum absolute atomic E-state index is 10.7. The molecule has 0 amide bonds. The average Bonchev–Trinajstić information content (AvgIpc) is 2.22. The van der Waals surface area contributed by atoms with Gasteiger partial charge in [-0.25, -0.2) is 4.79 Å². The van der Waals surface area contributed by atoms with E-state index in [1.54, 1.807) is 12.1 Å². The lowest BCUT2D eigenvalue weighted by Gasteiger charge is -2.02. The Morgan fingerprint density at radius 2 is 1.86 bits per heavy atom. The van der Waals surface area contributed by atoms with E-state index in [0.717, 1.165) is 18.4 Å². The summed E-state index contributed by atoms with van der Waals surface area (Å²) in [6.07, 6.45) is 1.81. The monoisotopic (exact) mass is 194 g/mol. The molecule has 14 heavy (non-hydrogen) atoms. The number of hydrogen-bond donors (Lipinski definition) is 1. The second-order valence-corrected chi connectivity index (χ2v) is 2.71. The predicted octanol–water partition coefficient (Wildman–Crippen LogP) is 3.36. The fourth-order valence-corrected chi connectivity index (χ4v) is 1.22. The largest absolute Gasteiger partial charge is 0.478 e. The Hall–Kier alpha value is -1.31. The first kappa shape index (κ1) is 12.7. The molecule has 0 fully saturated rings. The Morgan fingerprint density at radius 1 is 1.29 bits per heavy atom. The molecule has 0 atom stereocenters. The number of hydrogen-bond acceptors (Lipinski definition) is 1. The Bertz CT molecular complexity index is 279. The molecule has 0 radical (unpaired) electrons. The molecule has 0 heterocycles. The second kappa shape index (κ2) is 7.13. The molecule has 2 heteroatoms. The Labute approximate surface area is 85.6 Å². The third kappa shape index (κ3) is 3.60. The lowest BCUT2D eigenvalue weighted by Crippen LogP contribution is -2.01. The van der Waals surface area contributed by atoms with Crippen molar-refractivity contribution in [2.24, 2.45) is 0 Å². The Morgan fingerprint density at radius 3 is 2.36 bits per heavy atom. The van der Waals surface area contributed by atoms with Crippen LogP contribution in [-0.2, 0) is 6.42 Å². The van der Waals surface area contributed by atoms with Crippen molar-refractivity contribution in [3.05, 3.63) is 35.4 Å². The molecule has 0 unspecified atom stereocenters. The summed E-state index contributed by atoms with van der Waals surface area (Å²) in [5.74, 6) is -0.834. The molecular formula is C12H18O2. The highest BCUT2D eigenvalue weighted by molar-refractivity contribution is 5.89. The summed E-state index contributed by atoms with van der Waals surface area (Å²) in [6, 6.07) is 7.14. The average molecular weight is 194 g/mol. The molecule has 78 valence electrons. The highest BCUT2D eigenvalue weighted by Gasteiger charge is 2.06. The van der Waals surface area contributed by atoms with Crippen LogP contribution in [0.25, 0.3) is 0 Å². The number of carboxylic acid groups (broad SMARTS) is 1. The summed E-state index contributed by atoms with van der Waals surface area (Å²) in [5, 5.41) is 8.79. The molecule has 0 aliphatic carbocycles. The van der Waals surface area contributed by atoms with Crippen molar-refractivity contribution < 1.29 is 9.90 Å². The van der Waals surface area contributed by atoms with Gasteiger partial charge in [0.25, 0.3) is 0 Å².